The summed E-state index contributed by atoms with van der Waals surface area (Å²) in [6.45, 7) is 0.766. The zero-order valence-electron chi connectivity index (χ0n) is 15.0. The van der Waals surface area contributed by atoms with Crippen molar-refractivity contribution < 1.29 is 14.0 Å². The van der Waals surface area contributed by atoms with Gasteiger partial charge in [0, 0.05) is 37.5 Å². The molecule has 1 fully saturated rings. The largest absolute Gasteiger partial charge is 0.346 e. The number of hydrogen-bond acceptors (Lipinski definition) is 2. The third-order valence-corrected chi connectivity index (χ3v) is 5.00. The Balaban J connectivity index is 1.44. The van der Waals surface area contributed by atoms with Gasteiger partial charge >= 0.3 is 0 Å². The number of halogens is 1. The van der Waals surface area contributed by atoms with E-state index in [2.05, 4.69) is 5.32 Å². The third-order valence-electron chi connectivity index (χ3n) is 5.00. The van der Waals surface area contributed by atoms with Gasteiger partial charge in [0.25, 0.3) is 5.91 Å². The standard InChI is InChI=1S/C21H20FN3O2/c1-24-18-8-3-2-6-15(18)10-19(24)21(27)23-17-11-20(26)25(13-17)12-14-5-4-7-16(22)9-14/h2-10,17H,11-13H2,1H3,(H,23,27). The van der Waals surface area contributed by atoms with Gasteiger partial charge in [-0.15, -0.1) is 0 Å². The van der Waals surface area contributed by atoms with Crippen LogP contribution < -0.4 is 5.32 Å². The van der Waals surface area contributed by atoms with Crippen LogP contribution in [0.15, 0.2) is 54.6 Å². The highest BCUT2D eigenvalue weighted by Gasteiger charge is 2.31. The number of nitrogens with zero attached hydrogens (tertiary/aromatic N) is 2. The van der Waals surface area contributed by atoms with Crippen molar-refractivity contribution >= 4 is 22.7 Å². The maximum atomic E-state index is 13.3. The first-order valence-corrected chi connectivity index (χ1v) is 8.89. The minimum Gasteiger partial charge on any atom is -0.346 e. The van der Waals surface area contributed by atoms with Crippen LogP contribution in [0.2, 0.25) is 0 Å². The number of fused-ring (bicyclic) bond motifs is 1. The van der Waals surface area contributed by atoms with Gasteiger partial charge in [-0.2, -0.15) is 0 Å². The fourth-order valence-corrected chi connectivity index (χ4v) is 3.64. The molecule has 5 nitrogen and oxygen atoms in total. The van der Waals surface area contributed by atoms with Gasteiger partial charge in [-0.3, -0.25) is 9.59 Å². The second-order valence-electron chi connectivity index (χ2n) is 6.93. The quantitative estimate of drug-likeness (QED) is 0.773. The van der Waals surface area contributed by atoms with Gasteiger partial charge < -0.3 is 14.8 Å². The first-order chi connectivity index (χ1) is 13.0. The molecule has 1 atom stereocenters. The zero-order chi connectivity index (χ0) is 19.0. The topological polar surface area (TPSA) is 54.3 Å². The number of rotatable bonds is 4. The van der Waals surface area contributed by atoms with Crippen molar-refractivity contribution in [3.8, 4) is 0 Å². The van der Waals surface area contributed by atoms with Gasteiger partial charge in [0.2, 0.25) is 5.91 Å². The van der Waals surface area contributed by atoms with E-state index in [1.807, 2.05) is 41.9 Å². The zero-order valence-corrected chi connectivity index (χ0v) is 15.0. The second-order valence-corrected chi connectivity index (χ2v) is 6.93. The smallest absolute Gasteiger partial charge is 0.268 e. The van der Waals surface area contributed by atoms with E-state index in [-0.39, 0.29) is 30.1 Å². The van der Waals surface area contributed by atoms with Crippen molar-refractivity contribution in [2.24, 2.45) is 7.05 Å². The van der Waals surface area contributed by atoms with E-state index in [4.69, 9.17) is 0 Å². The average Bonchev–Trinajstić information content (AvgIpc) is 3.15. The molecule has 27 heavy (non-hydrogen) atoms. The molecule has 6 heteroatoms. The molecule has 0 bridgehead atoms. The molecular weight excluding hydrogens is 345 g/mol. The van der Waals surface area contributed by atoms with Crippen molar-refractivity contribution in [3.63, 3.8) is 0 Å². The van der Waals surface area contributed by atoms with Crippen molar-refractivity contribution in [1.82, 2.24) is 14.8 Å². The van der Waals surface area contributed by atoms with E-state index in [1.54, 1.807) is 17.0 Å². The van der Waals surface area contributed by atoms with Gasteiger partial charge in [-0.25, -0.2) is 4.39 Å². The molecule has 1 N–H and O–H groups in total. The Hall–Kier alpha value is -3.15. The van der Waals surface area contributed by atoms with Gasteiger partial charge in [0.1, 0.15) is 11.5 Å². The van der Waals surface area contributed by atoms with Crippen molar-refractivity contribution in [3.05, 3.63) is 71.7 Å². The number of aryl methyl sites for hydroxylation is 1. The highest BCUT2D eigenvalue weighted by atomic mass is 19.1. The van der Waals surface area contributed by atoms with Crippen LogP contribution >= 0.6 is 0 Å². The summed E-state index contributed by atoms with van der Waals surface area (Å²) in [4.78, 5) is 26.6. The fraction of sp³-hybridized carbons (Fsp3) is 0.238. The van der Waals surface area contributed by atoms with Gasteiger partial charge in [-0.05, 0) is 29.8 Å². The van der Waals surface area contributed by atoms with Crippen LogP contribution in [0.5, 0.6) is 0 Å². The lowest BCUT2D eigenvalue weighted by Crippen LogP contribution is -2.37. The summed E-state index contributed by atoms with van der Waals surface area (Å²) in [5.74, 6) is -0.555. The van der Waals surface area contributed by atoms with Crippen molar-refractivity contribution in [1.29, 1.82) is 0 Å². The Morgan fingerprint density at radius 2 is 2.00 bits per heavy atom. The number of amides is 2. The predicted molar refractivity (Wildman–Crippen MR) is 101 cm³/mol. The lowest BCUT2D eigenvalue weighted by Gasteiger charge is -2.17. The molecule has 1 saturated heterocycles. The van der Waals surface area contributed by atoms with Crippen LogP contribution in [-0.2, 0) is 18.4 Å². The van der Waals surface area contributed by atoms with Crippen LogP contribution in [0, 0.1) is 5.82 Å². The Morgan fingerprint density at radius 3 is 2.78 bits per heavy atom. The summed E-state index contributed by atoms with van der Waals surface area (Å²) < 4.78 is 15.2. The van der Waals surface area contributed by atoms with E-state index < -0.39 is 0 Å². The Labute approximate surface area is 156 Å². The molecule has 0 spiro atoms. The van der Waals surface area contributed by atoms with Gasteiger partial charge in [-0.1, -0.05) is 30.3 Å². The van der Waals surface area contributed by atoms with Crippen LogP contribution in [0.1, 0.15) is 22.5 Å². The molecule has 1 unspecified atom stereocenters. The summed E-state index contributed by atoms with van der Waals surface area (Å²) in [5.41, 5.74) is 2.29. The molecule has 2 amide bonds. The number of likely N-dealkylation sites (tertiary alicyclic amines) is 1. The maximum absolute atomic E-state index is 13.3. The van der Waals surface area contributed by atoms with Crippen LogP contribution in [0.4, 0.5) is 4.39 Å². The minimum atomic E-state index is -0.320. The molecule has 0 saturated carbocycles. The van der Waals surface area contributed by atoms with E-state index in [1.165, 1.54) is 12.1 Å². The highest BCUT2D eigenvalue weighted by molar-refractivity contribution is 5.99. The monoisotopic (exact) mass is 365 g/mol. The Bertz CT molecular complexity index is 1030. The Kier molecular flexibility index (Phi) is 4.39. The van der Waals surface area contributed by atoms with Gasteiger partial charge in [0.15, 0.2) is 0 Å². The van der Waals surface area contributed by atoms with Crippen LogP contribution in [0.3, 0.4) is 0 Å². The fourth-order valence-electron chi connectivity index (χ4n) is 3.64. The minimum absolute atomic E-state index is 0.0402. The van der Waals surface area contributed by atoms with Crippen LogP contribution in [-0.4, -0.2) is 33.9 Å². The third kappa shape index (κ3) is 3.43. The number of hydrogen-bond donors (Lipinski definition) is 1. The SMILES string of the molecule is Cn1c(C(=O)NC2CC(=O)N(Cc3cccc(F)c3)C2)cc2ccccc21. The second kappa shape index (κ2) is 6.87. The molecular formula is C21H20FN3O2. The first-order valence-electron chi connectivity index (χ1n) is 8.89. The number of benzene rings is 2. The molecule has 0 radical (unpaired) electrons. The average molecular weight is 365 g/mol. The van der Waals surface area contributed by atoms with E-state index in [0.717, 1.165) is 16.5 Å². The number of para-hydroxylation sites is 1. The van der Waals surface area contributed by atoms with Crippen LogP contribution in [0.25, 0.3) is 10.9 Å². The molecule has 3 aromatic rings. The molecule has 1 aliphatic rings. The number of aromatic nitrogens is 1. The van der Waals surface area contributed by atoms with E-state index in [9.17, 15) is 14.0 Å². The molecule has 4 rings (SSSR count). The number of nitrogens with one attached hydrogen (secondary N) is 1. The molecule has 1 aromatic heterocycles. The summed E-state index contributed by atoms with van der Waals surface area (Å²) in [7, 11) is 1.85. The molecule has 0 aliphatic carbocycles. The molecule has 2 heterocycles. The van der Waals surface area contributed by atoms with E-state index >= 15 is 0 Å². The summed E-state index contributed by atoms with van der Waals surface area (Å²) in [6, 6.07) is 15.6. The maximum Gasteiger partial charge on any atom is 0.268 e. The normalized spacial score (nSPS) is 16.9. The molecule has 138 valence electrons. The Morgan fingerprint density at radius 1 is 1.19 bits per heavy atom. The first kappa shape index (κ1) is 17.3. The van der Waals surface area contributed by atoms with E-state index in [0.29, 0.717) is 18.8 Å². The van der Waals surface area contributed by atoms with Crippen molar-refractivity contribution in [2.45, 2.75) is 19.0 Å². The van der Waals surface area contributed by atoms with Gasteiger partial charge in [0.05, 0.1) is 6.04 Å². The lowest BCUT2D eigenvalue weighted by atomic mass is 10.2. The molecule has 2 aromatic carbocycles. The number of carbonyl (C=O) groups is 2. The summed E-state index contributed by atoms with van der Waals surface area (Å²) >= 11 is 0. The highest BCUT2D eigenvalue weighted by Crippen LogP contribution is 2.20. The summed E-state index contributed by atoms with van der Waals surface area (Å²) in [5, 5.41) is 3.96. The van der Waals surface area contributed by atoms with Crippen molar-refractivity contribution in [2.75, 3.05) is 6.54 Å². The molecule has 1 aliphatic heterocycles. The number of carbonyl (C=O) groups excluding carboxylic acids is 2. The predicted octanol–water partition coefficient (Wildman–Crippen LogP) is 2.85. The lowest BCUT2D eigenvalue weighted by molar-refractivity contribution is -0.128. The summed E-state index contributed by atoms with van der Waals surface area (Å²) in [6.07, 6.45) is 0.255.